The predicted octanol–water partition coefficient (Wildman–Crippen LogP) is 15.2. The third kappa shape index (κ3) is 4.34. The molecule has 11 aromatic rings. The van der Waals surface area contributed by atoms with Gasteiger partial charge in [0.2, 0.25) is 0 Å². The Morgan fingerprint density at radius 3 is 2.02 bits per heavy atom. The van der Waals surface area contributed by atoms with Crippen molar-refractivity contribution in [1.29, 1.82) is 0 Å². The van der Waals surface area contributed by atoms with Gasteiger partial charge in [0.1, 0.15) is 22.3 Å². The van der Waals surface area contributed by atoms with E-state index in [9.17, 15) is 0 Å². The molecule has 56 heavy (non-hydrogen) atoms. The summed E-state index contributed by atoms with van der Waals surface area (Å²) in [6.45, 7) is 4.70. The van der Waals surface area contributed by atoms with Crippen LogP contribution in [0.15, 0.2) is 185 Å². The molecule has 0 aliphatic heterocycles. The van der Waals surface area contributed by atoms with E-state index in [0.717, 1.165) is 72.1 Å². The van der Waals surface area contributed by atoms with E-state index in [1.165, 1.54) is 43.8 Å². The zero-order valence-electron chi connectivity index (χ0n) is 31.0. The van der Waals surface area contributed by atoms with Gasteiger partial charge in [-0.25, -0.2) is 0 Å². The molecule has 9 aromatic carbocycles. The molecule has 2 heterocycles. The summed E-state index contributed by atoms with van der Waals surface area (Å²) in [4.78, 5) is 2.46. The first-order valence-corrected chi connectivity index (χ1v) is 19.3. The van der Waals surface area contributed by atoms with Crippen LogP contribution in [0, 0.1) is 0 Å². The quantitative estimate of drug-likeness (QED) is 0.182. The summed E-state index contributed by atoms with van der Waals surface area (Å²) in [7, 11) is 0. The van der Waals surface area contributed by atoms with Crippen molar-refractivity contribution < 1.29 is 8.83 Å². The minimum atomic E-state index is -0.158. The highest BCUT2D eigenvalue weighted by atomic mass is 16.3. The van der Waals surface area contributed by atoms with E-state index < -0.39 is 0 Å². The lowest BCUT2D eigenvalue weighted by molar-refractivity contribution is 0.660. The molecular formula is C53H35NO2. The standard InChI is InChI=1S/C53H35NO2/c1-53(2)42-19-9-7-17-38(42)39-25-24-36(31-43(39)53)54(44-20-11-15-33-13-5-6-16-37(33)44)45-27-26-41-51-48(29-28-47-50(51)40-18-8-10-21-46(40)55-47)56-52(41)49(45)35-23-22-32-12-3-4-14-34(32)30-35/h3-31H,1-2H3. The molecule has 2 aromatic heterocycles. The topological polar surface area (TPSA) is 29.5 Å². The third-order valence-electron chi connectivity index (χ3n) is 12.2. The van der Waals surface area contributed by atoms with Gasteiger partial charge >= 0.3 is 0 Å². The van der Waals surface area contributed by atoms with Crippen LogP contribution in [0.5, 0.6) is 0 Å². The smallest absolute Gasteiger partial charge is 0.145 e. The van der Waals surface area contributed by atoms with Crippen LogP contribution >= 0.6 is 0 Å². The Morgan fingerprint density at radius 2 is 1.12 bits per heavy atom. The van der Waals surface area contributed by atoms with Crippen molar-refractivity contribution in [3.63, 3.8) is 0 Å². The maximum atomic E-state index is 7.11. The van der Waals surface area contributed by atoms with Crippen LogP contribution in [0.3, 0.4) is 0 Å². The Labute approximate surface area is 323 Å². The van der Waals surface area contributed by atoms with E-state index in [4.69, 9.17) is 8.83 Å². The van der Waals surface area contributed by atoms with E-state index in [1.807, 2.05) is 18.2 Å². The number of nitrogens with zero attached hydrogens (tertiary/aromatic N) is 1. The van der Waals surface area contributed by atoms with Crippen molar-refractivity contribution in [2.45, 2.75) is 19.3 Å². The largest absolute Gasteiger partial charge is 0.456 e. The highest BCUT2D eigenvalue weighted by molar-refractivity contribution is 6.27. The predicted molar refractivity (Wildman–Crippen MR) is 234 cm³/mol. The molecule has 0 fully saturated rings. The molecule has 0 saturated heterocycles. The lowest BCUT2D eigenvalue weighted by Gasteiger charge is -2.30. The van der Waals surface area contributed by atoms with Gasteiger partial charge in [0, 0.05) is 43.6 Å². The Balaban J connectivity index is 1.21. The number of hydrogen-bond donors (Lipinski definition) is 0. The molecule has 3 heteroatoms. The van der Waals surface area contributed by atoms with Crippen LogP contribution in [0.25, 0.3) is 87.7 Å². The highest BCUT2D eigenvalue weighted by Crippen LogP contribution is 2.53. The zero-order valence-corrected chi connectivity index (χ0v) is 31.0. The normalized spacial score (nSPS) is 13.3. The van der Waals surface area contributed by atoms with Gasteiger partial charge in [-0.2, -0.15) is 0 Å². The first kappa shape index (κ1) is 31.3. The van der Waals surface area contributed by atoms with Crippen LogP contribution in [0.4, 0.5) is 17.1 Å². The Morgan fingerprint density at radius 1 is 0.429 bits per heavy atom. The highest BCUT2D eigenvalue weighted by Gasteiger charge is 2.36. The first-order chi connectivity index (χ1) is 27.5. The fourth-order valence-electron chi connectivity index (χ4n) is 9.59. The average Bonchev–Trinajstić information content (AvgIpc) is 3.88. The second-order valence-electron chi connectivity index (χ2n) is 15.6. The molecule has 3 nitrogen and oxygen atoms in total. The summed E-state index contributed by atoms with van der Waals surface area (Å²) in [5.41, 5.74) is 14.0. The Hall–Kier alpha value is -7.10. The van der Waals surface area contributed by atoms with E-state index in [1.54, 1.807) is 0 Å². The molecular weight excluding hydrogens is 683 g/mol. The molecule has 0 spiro atoms. The molecule has 0 radical (unpaired) electrons. The molecule has 1 aliphatic rings. The number of rotatable bonds is 4. The number of fused-ring (bicyclic) bond motifs is 12. The summed E-state index contributed by atoms with van der Waals surface area (Å²) in [5, 5.41) is 9.06. The third-order valence-corrected chi connectivity index (χ3v) is 12.2. The minimum Gasteiger partial charge on any atom is -0.456 e. The molecule has 0 bridgehead atoms. The fraction of sp³-hybridized carbons (Fsp3) is 0.0566. The molecule has 264 valence electrons. The number of benzene rings is 9. The first-order valence-electron chi connectivity index (χ1n) is 19.3. The molecule has 12 rings (SSSR count). The maximum absolute atomic E-state index is 7.11. The van der Waals surface area contributed by atoms with Crippen molar-refractivity contribution >= 4 is 82.5 Å². The van der Waals surface area contributed by atoms with Crippen molar-refractivity contribution in [3.05, 3.63) is 187 Å². The van der Waals surface area contributed by atoms with Crippen molar-refractivity contribution in [2.24, 2.45) is 0 Å². The van der Waals surface area contributed by atoms with Crippen molar-refractivity contribution in [3.8, 4) is 22.3 Å². The minimum absolute atomic E-state index is 0.158. The fourth-order valence-corrected chi connectivity index (χ4v) is 9.59. The molecule has 1 aliphatic carbocycles. The van der Waals surface area contributed by atoms with E-state index >= 15 is 0 Å². The van der Waals surface area contributed by atoms with Crippen LogP contribution in [0.1, 0.15) is 25.0 Å². The number of anilines is 3. The zero-order chi connectivity index (χ0) is 37.1. The van der Waals surface area contributed by atoms with Gasteiger partial charge in [-0.1, -0.05) is 135 Å². The SMILES string of the molecule is CC1(C)c2ccccc2-c2ccc(N(c3ccc4c(oc5ccc6oc7ccccc7c6c54)c3-c3ccc4ccccc4c3)c3cccc4ccccc34)cc21. The second-order valence-corrected chi connectivity index (χ2v) is 15.6. The van der Waals surface area contributed by atoms with Gasteiger partial charge in [-0.05, 0) is 98.6 Å². The van der Waals surface area contributed by atoms with E-state index in [-0.39, 0.29) is 5.41 Å². The Bertz CT molecular complexity index is 3410. The lowest BCUT2D eigenvalue weighted by Crippen LogP contribution is -2.17. The van der Waals surface area contributed by atoms with Crippen LogP contribution < -0.4 is 4.90 Å². The van der Waals surface area contributed by atoms with Gasteiger partial charge in [0.05, 0.1) is 11.4 Å². The van der Waals surface area contributed by atoms with E-state index in [0.29, 0.717) is 0 Å². The van der Waals surface area contributed by atoms with Gasteiger partial charge in [0.15, 0.2) is 0 Å². The number of furan rings is 2. The summed E-state index contributed by atoms with van der Waals surface area (Å²) >= 11 is 0. The van der Waals surface area contributed by atoms with Gasteiger partial charge in [0.25, 0.3) is 0 Å². The number of para-hydroxylation sites is 1. The van der Waals surface area contributed by atoms with Crippen molar-refractivity contribution in [2.75, 3.05) is 4.90 Å². The Kier molecular flexibility index (Phi) is 6.40. The van der Waals surface area contributed by atoms with Crippen LogP contribution in [-0.4, -0.2) is 0 Å². The van der Waals surface area contributed by atoms with Crippen molar-refractivity contribution in [1.82, 2.24) is 0 Å². The summed E-state index contributed by atoms with van der Waals surface area (Å²) in [5.74, 6) is 0. The molecule has 0 atom stereocenters. The van der Waals surface area contributed by atoms with Gasteiger partial charge < -0.3 is 13.7 Å². The lowest BCUT2D eigenvalue weighted by atomic mass is 9.82. The molecule has 0 N–H and O–H groups in total. The monoisotopic (exact) mass is 717 g/mol. The maximum Gasteiger partial charge on any atom is 0.145 e. The molecule has 0 saturated carbocycles. The average molecular weight is 718 g/mol. The van der Waals surface area contributed by atoms with Crippen LogP contribution in [0.2, 0.25) is 0 Å². The second kappa shape index (κ2) is 11.5. The molecule has 0 unspecified atom stereocenters. The molecule has 0 amide bonds. The van der Waals surface area contributed by atoms with E-state index in [2.05, 4.69) is 176 Å². The summed E-state index contributed by atoms with van der Waals surface area (Å²) < 4.78 is 13.5. The van der Waals surface area contributed by atoms with Gasteiger partial charge in [-0.3, -0.25) is 0 Å². The van der Waals surface area contributed by atoms with Gasteiger partial charge in [-0.15, -0.1) is 0 Å². The number of hydrogen-bond acceptors (Lipinski definition) is 3. The van der Waals surface area contributed by atoms with Crippen LogP contribution in [-0.2, 0) is 5.41 Å². The summed E-state index contributed by atoms with van der Waals surface area (Å²) in [6.07, 6.45) is 0. The summed E-state index contributed by atoms with van der Waals surface area (Å²) in [6, 6.07) is 63.6.